The molecular formula is C18H20ClN3. The van der Waals surface area contributed by atoms with Crippen LogP contribution in [0.2, 0.25) is 5.02 Å². The number of benzene rings is 2. The molecule has 0 spiro atoms. The lowest BCUT2D eigenvalue weighted by Gasteiger charge is -2.33. The van der Waals surface area contributed by atoms with Crippen LogP contribution in [0.15, 0.2) is 59.7 Å². The maximum absolute atomic E-state index is 5.98. The predicted octanol–water partition coefficient (Wildman–Crippen LogP) is 3.49. The van der Waals surface area contributed by atoms with E-state index in [1.165, 1.54) is 5.56 Å². The van der Waals surface area contributed by atoms with Crippen molar-refractivity contribution in [2.24, 2.45) is 5.10 Å². The second-order valence-corrected chi connectivity index (χ2v) is 5.95. The minimum atomic E-state index is 0.747. The van der Waals surface area contributed by atoms with Gasteiger partial charge in [-0.2, -0.15) is 5.10 Å². The highest BCUT2D eigenvalue weighted by Gasteiger charge is 2.15. The normalized spacial score (nSPS) is 16.3. The van der Waals surface area contributed by atoms with Gasteiger partial charge in [0, 0.05) is 37.7 Å². The van der Waals surface area contributed by atoms with Crippen molar-refractivity contribution in [1.29, 1.82) is 0 Å². The Bertz CT molecular complexity index is 619. The van der Waals surface area contributed by atoms with Crippen LogP contribution in [0.25, 0.3) is 0 Å². The van der Waals surface area contributed by atoms with Gasteiger partial charge in [-0.1, -0.05) is 54.1 Å². The van der Waals surface area contributed by atoms with Gasteiger partial charge < -0.3 is 0 Å². The number of hydrazone groups is 1. The zero-order valence-corrected chi connectivity index (χ0v) is 13.3. The Balaban J connectivity index is 1.49. The van der Waals surface area contributed by atoms with E-state index in [1.54, 1.807) is 0 Å². The van der Waals surface area contributed by atoms with Gasteiger partial charge in [0.25, 0.3) is 0 Å². The molecule has 3 nitrogen and oxygen atoms in total. The third-order valence-corrected chi connectivity index (χ3v) is 4.05. The van der Waals surface area contributed by atoms with Crippen molar-refractivity contribution < 1.29 is 0 Å². The molecule has 1 aliphatic heterocycles. The number of nitrogens with zero attached hydrogens (tertiary/aromatic N) is 3. The van der Waals surface area contributed by atoms with Gasteiger partial charge in [0.2, 0.25) is 0 Å². The summed E-state index contributed by atoms with van der Waals surface area (Å²) in [5.74, 6) is 0. The molecule has 0 aliphatic carbocycles. The lowest BCUT2D eigenvalue weighted by atomic mass is 10.2. The first-order valence-electron chi connectivity index (χ1n) is 7.60. The molecular weight excluding hydrogens is 294 g/mol. The van der Waals surface area contributed by atoms with Crippen molar-refractivity contribution in [1.82, 2.24) is 9.91 Å². The van der Waals surface area contributed by atoms with E-state index in [0.29, 0.717) is 0 Å². The smallest absolute Gasteiger partial charge is 0.0543 e. The van der Waals surface area contributed by atoms with Crippen molar-refractivity contribution in [2.45, 2.75) is 6.54 Å². The van der Waals surface area contributed by atoms with Crippen LogP contribution in [0.5, 0.6) is 0 Å². The monoisotopic (exact) mass is 313 g/mol. The first-order chi connectivity index (χ1) is 10.8. The van der Waals surface area contributed by atoms with Crippen molar-refractivity contribution in [3.8, 4) is 0 Å². The van der Waals surface area contributed by atoms with Crippen LogP contribution in [-0.2, 0) is 6.54 Å². The number of hydrogen-bond donors (Lipinski definition) is 0. The van der Waals surface area contributed by atoms with Crippen LogP contribution in [-0.4, -0.2) is 42.3 Å². The van der Waals surface area contributed by atoms with Gasteiger partial charge in [0.1, 0.15) is 0 Å². The SMILES string of the molecule is Clc1cccc(/C=N/N2CCN(Cc3ccccc3)CC2)c1. The van der Waals surface area contributed by atoms with Crippen molar-refractivity contribution in [2.75, 3.05) is 26.2 Å². The zero-order valence-electron chi connectivity index (χ0n) is 12.5. The average Bonchev–Trinajstić information content (AvgIpc) is 2.55. The second kappa shape index (κ2) is 7.43. The molecule has 0 saturated carbocycles. The van der Waals surface area contributed by atoms with Crippen LogP contribution < -0.4 is 0 Å². The summed E-state index contributed by atoms with van der Waals surface area (Å²) in [6.07, 6.45) is 1.89. The highest BCUT2D eigenvalue weighted by atomic mass is 35.5. The Hall–Kier alpha value is -1.84. The third kappa shape index (κ3) is 4.33. The summed E-state index contributed by atoms with van der Waals surface area (Å²) in [5.41, 5.74) is 2.41. The molecule has 0 bridgehead atoms. The number of rotatable bonds is 4. The molecule has 2 aromatic rings. The van der Waals surface area contributed by atoms with E-state index in [1.807, 2.05) is 30.5 Å². The lowest BCUT2D eigenvalue weighted by molar-refractivity contribution is 0.131. The molecule has 0 radical (unpaired) electrons. The van der Waals surface area contributed by atoms with E-state index >= 15 is 0 Å². The highest BCUT2D eigenvalue weighted by Crippen LogP contribution is 2.11. The summed E-state index contributed by atoms with van der Waals surface area (Å²) in [5, 5.41) is 7.43. The van der Waals surface area contributed by atoms with Gasteiger partial charge >= 0.3 is 0 Å². The van der Waals surface area contributed by atoms with Crippen LogP contribution >= 0.6 is 11.6 Å². The minimum absolute atomic E-state index is 0.747. The lowest BCUT2D eigenvalue weighted by Crippen LogP contribution is -2.43. The van der Waals surface area contributed by atoms with Gasteiger partial charge in [-0.3, -0.25) is 9.91 Å². The molecule has 0 unspecified atom stereocenters. The summed E-state index contributed by atoms with van der Waals surface area (Å²) < 4.78 is 0. The summed E-state index contributed by atoms with van der Waals surface area (Å²) in [6.45, 7) is 5.03. The molecule has 4 heteroatoms. The van der Waals surface area contributed by atoms with Gasteiger partial charge in [-0.25, -0.2) is 0 Å². The van der Waals surface area contributed by atoms with E-state index in [-0.39, 0.29) is 0 Å². The molecule has 1 saturated heterocycles. The maximum Gasteiger partial charge on any atom is 0.0543 e. The van der Waals surface area contributed by atoms with E-state index < -0.39 is 0 Å². The predicted molar refractivity (Wildman–Crippen MR) is 92.3 cm³/mol. The first kappa shape index (κ1) is 15.1. The summed E-state index contributed by atoms with van der Waals surface area (Å²) in [7, 11) is 0. The molecule has 0 aromatic heterocycles. The quantitative estimate of drug-likeness (QED) is 0.805. The average molecular weight is 314 g/mol. The topological polar surface area (TPSA) is 18.8 Å². The largest absolute Gasteiger partial charge is 0.295 e. The van der Waals surface area contributed by atoms with Gasteiger partial charge in [-0.15, -0.1) is 0 Å². The van der Waals surface area contributed by atoms with Crippen LogP contribution in [0.1, 0.15) is 11.1 Å². The molecule has 1 fully saturated rings. The van der Waals surface area contributed by atoms with Crippen LogP contribution in [0.4, 0.5) is 0 Å². The molecule has 22 heavy (non-hydrogen) atoms. The Morgan fingerprint density at radius 3 is 2.45 bits per heavy atom. The van der Waals surface area contributed by atoms with Crippen molar-refractivity contribution in [3.05, 3.63) is 70.7 Å². The fourth-order valence-corrected chi connectivity index (χ4v) is 2.79. The molecule has 2 aromatic carbocycles. The van der Waals surface area contributed by atoms with Gasteiger partial charge in [0.05, 0.1) is 6.21 Å². The molecule has 0 amide bonds. The molecule has 3 rings (SSSR count). The standard InChI is InChI=1S/C18H20ClN3/c19-18-8-4-7-17(13-18)14-20-22-11-9-21(10-12-22)15-16-5-2-1-3-6-16/h1-8,13-14H,9-12,15H2/b20-14+. The molecule has 114 valence electrons. The fourth-order valence-electron chi connectivity index (χ4n) is 2.59. The summed E-state index contributed by atoms with van der Waals surface area (Å²) in [4.78, 5) is 2.47. The maximum atomic E-state index is 5.98. The van der Waals surface area contributed by atoms with E-state index in [0.717, 1.165) is 43.3 Å². The Labute approximate surface area is 136 Å². The number of hydrogen-bond acceptors (Lipinski definition) is 3. The highest BCUT2D eigenvalue weighted by molar-refractivity contribution is 6.30. The van der Waals surface area contributed by atoms with Gasteiger partial charge in [-0.05, 0) is 23.3 Å². The third-order valence-electron chi connectivity index (χ3n) is 3.82. The van der Waals surface area contributed by atoms with Crippen LogP contribution in [0, 0.1) is 0 Å². The zero-order chi connectivity index (χ0) is 15.2. The molecule has 0 N–H and O–H groups in total. The summed E-state index contributed by atoms with van der Waals surface area (Å²) >= 11 is 5.98. The molecule has 1 heterocycles. The second-order valence-electron chi connectivity index (χ2n) is 5.51. The minimum Gasteiger partial charge on any atom is -0.295 e. The molecule has 0 atom stereocenters. The van der Waals surface area contributed by atoms with Gasteiger partial charge in [0.15, 0.2) is 0 Å². The fraction of sp³-hybridized carbons (Fsp3) is 0.278. The Kier molecular flexibility index (Phi) is 5.09. The van der Waals surface area contributed by atoms with Crippen LogP contribution in [0.3, 0.4) is 0 Å². The number of piperazine rings is 1. The van der Waals surface area contributed by atoms with Crippen molar-refractivity contribution in [3.63, 3.8) is 0 Å². The van der Waals surface area contributed by atoms with E-state index in [4.69, 9.17) is 11.6 Å². The summed E-state index contributed by atoms with van der Waals surface area (Å²) in [6, 6.07) is 18.4. The first-order valence-corrected chi connectivity index (χ1v) is 7.98. The Morgan fingerprint density at radius 2 is 1.73 bits per heavy atom. The Morgan fingerprint density at radius 1 is 0.955 bits per heavy atom. The number of halogens is 1. The van der Waals surface area contributed by atoms with E-state index in [2.05, 4.69) is 45.3 Å². The van der Waals surface area contributed by atoms with Crippen molar-refractivity contribution >= 4 is 17.8 Å². The molecule has 1 aliphatic rings. The van der Waals surface area contributed by atoms with E-state index in [9.17, 15) is 0 Å².